The van der Waals surface area contributed by atoms with Gasteiger partial charge in [0.25, 0.3) is 0 Å². The molecular formula is C15H13BrF3NS. The lowest BCUT2D eigenvalue weighted by molar-refractivity contribution is -0.138. The van der Waals surface area contributed by atoms with Crippen molar-refractivity contribution in [3.8, 4) is 0 Å². The first-order chi connectivity index (χ1) is 9.90. The van der Waals surface area contributed by atoms with E-state index < -0.39 is 11.7 Å². The molecule has 0 unspecified atom stereocenters. The molecule has 2 aromatic rings. The summed E-state index contributed by atoms with van der Waals surface area (Å²) in [4.78, 5) is 1.47. The van der Waals surface area contributed by atoms with Crippen LogP contribution in [0.3, 0.4) is 0 Å². The fourth-order valence-corrected chi connectivity index (χ4v) is 2.99. The van der Waals surface area contributed by atoms with Gasteiger partial charge in [-0.2, -0.15) is 13.2 Å². The fourth-order valence-electron chi connectivity index (χ4n) is 1.87. The number of benzene rings is 2. The van der Waals surface area contributed by atoms with Gasteiger partial charge < -0.3 is 5.32 Å². The molecule has 21 heavy (non-hydrogen) atoms. The smallest absolute Gasteiger partial charge is 0.316 e. The van der Waals surface area contributed by atoms with E-state index in [1.54, 1.807) is 13.1 Å². The molecule has 0 saturated heterocycles. The maximum absolute atomic E-state index is 13.1. The lowest BCUT2D eigenvalue weighted by Gasteiger charge is -2.14. The predicted molar refractivity (Wildman–Crippen MR) is 82.5 cm³/mol. The molecular weight excluding hydrogens is 363 g/mol. The minimum absolute atomic E-state index is 0.193. The van der Waals surface area contributed by atoms with Crippen LogP contribution in [0, 0.1) is 0 Å². The summed E-state index contributed by atoms with van der Waals surface area (Å²) >= 11 is 4.64. The highest BCUT2D eigenvalue weighted by Crippen LogP contribution is 2.36. The molecule has 0 aliphatic carbocycles. The Morgan fingerprint density at radius 2 is 1.67 bits per heavy atom. The lowest BCUT2D eigenvalue weighted by Crippen LogP contribution is -2.14. The van der Waals surface area contributed by atoms with Gasteiger partial charge in [-0.05, 0) is 49.0 Å². The zero-order valence-electron chi connectivity index (χ0n) is 11.2. The number of alkyl halides is 3. The van der Waals surface area contributed by atoms with Gasteiger partial charge in [-0.1, -0.05) is 33.8 Å². The van der Waals surface area contributed by atoms with Crippen LogP contribution in [-0.4, -0.2) is 7.05 Å². The summed E-state index contributed by atoms with van der Waals surface area (Å²) in [7, 11) is 1.63. The van der Waals surface area contributed by atoms with Crippen LogP contribution in [0.5, 0.6) is 0 Å². The number of rotatable bonds is 4. The third-order valence-corrected chi connectivity index (χ3v) is 4.33. The predicted octanol–water partition coefficient (Wildman–Crippen LogP) is 5.34. The van der Waals surface area contributed by atoms with Crippen LogP contribution in [0.25, 0.3) is 0 Å². The topological polar surface area (TPSA) is 12.0 Å². The van der Waals surface area contributed by atoms with Gasteiger partial charge in [0.15, 0.2) is 0 Å². The first-order valence-corrected chi connectivity index (χ1v) is 7.79. The van der Waals surface area contributed by atoms with Crippen molar-refractivity contribution < 1.29 is 13.2 Å². The third kappa shape index (κ3) is 4.49. The average molecular weight is 376 g/mol. The first kappa shape index (κ1) is 16.4. The van der Waals surface area contributed by atoms with E-state index in [1.807, 2.05) is 24.3 Å². The van der Waals surface area contributed by atoms with E-state index in [0.29, 0.717) is 4.90 Å². The summed E-state index contributed by atoms with van der Waals surface area (Å²) in [6, 6.07) is 11.9. The van der Waals surface area contributed by atoms with Crippen molar-refractivity contribution in [1.82, 2.24) is 5.32 Å². The van der Waals surface area contributed by atoms with Gasteiger partial charge in [0.1, 0.15) is 0 Å². The monoisotopic (exact) mass is 375 g/mol. The van der Waals surface area contributed by atoms with E-state index in [1.165, 1.54) is 23.9 Å². The standard InChI is InChI=1S/C15H13BrF3NS/c1-20-9-10-2-5-13(8-14(10)15(17,18)19)21-12-6-3-11(16)4-7-12/h2-8,20H,9H2,1H3. The molecule has 2 aromatic carbocycles. The summed E-state index contributed by atoms with van der Waals surface area (Å²) in [6.07, 6.45) is -4.34. The maximum atomic E-state index is 13.1. The minimum Gasteiger partial charge on any atom is -0.316 e. The average Bonchev–Trinajstić information content (AvgIpc) is 2.42. The van der Waals surface area contributed by atoms with Gasteiger partial charge in [0.2, 0.25) is 0 Å². The van der Waals surface area contributed by atoms with Crippen molar-refractivity contribution in [2.75, 3.05) is 7.05 Å². The van der Waals surface area contributed by atoms with Crippen LogP contribution >= 0.6 is 27.7 Å². The Bertz CT molecular complexity index is 611. The summed E-state index contributed by atoms with van der Waals surface area (Å²) in [5, 5.41) is 2.76. The molecule has 0 radical (unpaired) electrons. The molecule has 0 spiro atoms. The number of nitrogens with one attached hydrogen (secondary N) is 1. The van der Waals surface area contributed by atoms with E-state index in [0.717, 1.165) is 9.37 Å². The van der Waals surface area contributed by atoms with Crippen LogP contribution in [-0.2, 0) is 12.7 Å². The van der Waals surface area contributed by atoms with Crippen LogP contribution in [0.4, 0.5) is 13.2 Å². The van der Waals surface area contributed by atoms with Crippen molar-refractivity contribution in [3.63, 3.8) is 0 Å². The highest BCUT2D eigenvalue weighted by molar-refractivity contribution is 9.10. The molecule has 112 valence electrons. The van der Waals surface area contributed by atoms with E-state index in [4.69, 9.17) is 0 Å². The van der Waals surface area contributed by atoms with Crippen molar-refractivity contribution in [2.45, 2.75) is 22.5 Å². The van der Waals surface area contributed by atoms with Crippen LogP contribution in [0.1, 0.15) is 11.1 Å². The van der Waals surface area contributed by atoms with Gasteiger partial charge in [-0.25, -0.2) is 0 Å². The molecule has 0 saturated carbocycles. The second-order valence-corrected chi connectivity index (χ2v) is 6.47. The number of halogens is 4. The second kappa shape index (κ2) is 6.85. The van der Waals surface area contributed by atoms with Crippen molar-refractivity contribution in [3.05, 3.63) is 58.1 Å². The molecule has 0 aliphatic rings. The molecule has 0 aliphatic heterocycles. The van der Waals surface area contributed by atoms with Crippen molar-refractivity contribution in [2.24, 2.45) is 0 Å². The van der Waals surface area contributed by atoms with Gasteiger partial charge >= 0.3 is 6.18 Å². The van der Waals surface area contributed by atoms with Gasteiger partial charge in [-0.3, -0.25) is 0 Å². The summed E-state index contributed by atoms with van der Waals surface area (Å²) in [5.41, 5.74) is -0.330. The second-order valence-electron chi connectivity index (χ2n) is 4.40. The highest BCUT2D eigenvalue weighted by Gasteiger charge is 2.33. The van der Waals surface area contributed by atoms with Crippen molar-refractivity contribution in [1.29, 1.82) is 0 Å². The molecule has 2 rings (SSSR count). The Labute approximate surface area is 134 Å². The highest BCUT2D eigenvalue weighted by atomic mass is 79.9. The molecule has 1 nitrogen and oxygen atoms in total. The SMILES string of the molecule is CNCc1ccc(Sc2ccc(Br)cc2)cc1C(F)(F)F. The molecule has 1 N–H and O–H groups in total. The third-order valence-electron chi connectivity index (χ3n) is 2.80. The van der Waals surface area contributed by atoms with Gasteiger partial charge in [0, 0.05) is 20.8 Å². The molecule has 0 fully saturated rings. The summed E-state index contributed by atoms with van der Waals surface area (Å²) in [6.45, 7) is 0.193. The Morgan fingerprint density at radius 1 is 1.05 bits per heavy atom. The molecule has 0 atom stereocenters. The molecule has 6 heteroatoms. The van der Waals surface area contributed by atoms with Gasteiger partial charge in [-0.15, -0.1) is 0 Å². The largest absolute Gasteiger partial charge is 0.416 e. The van der Waals surface area contributed by atoms with Crippen LogP contribution in [0.15, 0.2) is 56.7 Å². The normalized spacial score (nSPS) is 11.7. The Kier molecular flexibility index (Phi) is 5.35. The quantitative estimate of drug-likeness (QED) is 0.773. The van der Waals surface area contributed by atoms with E-state index in [2.05, 4.69) is 21.2 Å². The van der Waals surface area contributed by atoms with Crippen LogP contribution < -0.4 is 5.32 Å². The minimum atomic E-state index is -4.34. The van der Waals surface area contributed by atoms with E-state index in [9.17, 15) is 13.2 Å². The van der Waals surface area contributed by atoms with E-state index >= 15 is 0 Å². The van der Waals surface area contributed by atoms with E-state index in [-0.39, 0.29) is 12.1 Å². The first-order valence-electron chi connectivity index (χ1n) is 6.18. The Hall–Kier alpha value is -0.980. The fraction of sp³-hybridized carbons (Fsp3) is 0.200. The Morgan fingerprint density at radius 3 is 2.24 bits per heavy atom. The Balaban J connectivity index is 2.31. The van der Waals surface area contributed by atoms with Crippen LogP contribution in [0.2, 0.25) is 0 Å². The molecule has 0 heterocycles. The summed E-state index contributed by atoms with van der Waals surface area (Å²) in [5.74, 6) is 0. The number of hydrogen-bond donors (Lipinski definition) is 1. The molecule has 0 aromatic heterocycles. The lowest BCUT2D eigenvalue weighted by atomic mass is 10.1. The number of hydrogen-bond acceptors (Lipinski definition) is 2. The zero-order valence-corrected chi connectivity index (χ0v) is 13.6. The summed E-state index contributed by atoms with van der Waals surface area (Å²) < 4.78 is 40.2. The van der Waals surface area contributed by atoms with Gasteiger partial charge in [0.05, 0.1) is 5.56 Å². The molecule has 0 amide bonds. The van der Waals surface area contributed by atoms with Crippen molar-refractivity contribution >= 4 is 27.7 Å². The maximum Gasteiger partial charge on any atom is 0.416 e. The zero-order chi connectivity index (χ0) is 15.5. The molecule has 0 bridgehead atoms.